The molecule has 0 bridgehead atoms. The number of aliphatic hydroxyl groups excluding tert-OH is 1. The molecule has 0 saturated heterocycles. The molecule has 1 fully saturated rings. The molecular formula is C16H23ClN2O2. The van der Waals surface area contributed by atoms with E-state index >= 15 is 0 Å². The summed E-state index contributed by atoms with van der Waals surface area (Å²) in [7, 11) is 0. The van der Waals surface area contributed by atoms with E-state index in [1.54, 1.807) is 0 Å². The van der Waals surface area contributed by atoms with Crippen LogP contribution in [0.1, 0.15) is 37.8 Å². The van der Waals surface area contributed by atoms with Crippen LogP contribution in [-0.2, 0) is 4.79 Å². The van der Waals surface area contributed by atoms with Crippen LogP contribution in [0.4, 0.5) is 0 Å². The third kappa shape index (κ3) is 3.96. The van der Waals surface area contributed by atoms with Crippen molar-refractivity contribution in [1.29, 1.82) is 0 Å². The molecule has 3 N–H and O–H groups in total. The standard InChI is InChI=1S/C16H23ClN2O2/c1-11(14-4-2-3-5-15(14)17)19(13-6-7-13)16(21)8-12(9-18)10-20/h2-5,11-13,20H,6-10,18H2,1H3. The van der Waals surface area contributed by atoms with Crippen LogP contribution in [0.2, 0.25) is 5.02 Å². The Balaban J connectivity index is 2.15. The smallest absolute Gasteiger partial charge is 0.223 e. The minimum absolute atomic E-state index is 0.0504. The van der Waals surface area contributed by atoms with E-state index in [0.29, 0.717) is 17.6 Å². The first-order valence-electron chi connectivity index (χ1n) is 7.45. The summed E-state index contributed by atoms with van der Waals surface area (Å²) in [6.07, 6.45) is 2.36. The molecule has 0 radical (unpaired) electrons. The fourth-order valence-corrected chi connectivity index (χ4v) is 2.92. The molecule has 1 aliphatic carbocycles. The van der Waals surface area contributed by atoms with Crippen LogP contribution < -0.4 is 5.73 Å². The molecule has 1 amide bonds. The number of aliphatic hydroxyl groups is 1. The van der Waals surface area contributed by atoms with Crippen LogP contribution in [-0.4, -0.2) is 35.1 Å². The highest BCUT2D eigenvalue weighted by Crippen LogP contribution is 2.37. The Hall–Kier alpha value is -1.10. The zero-order valence-corrected chi connectivity index (χ0v) is 13.1. The van der Waals surface area contributed by atoms with Crippen molar-refractivity contribution in [3.63, 3.8) is 0 Å². The van der Waals surface area contributed by atoms with E-state index in [1.165, 1.54) is 0 Å². The molecule has 4 nitrogen and oxygen atoms in total. The van der Waals surface area contributed by atoms with Gasteiger partial charge in [0.05, 0.1) is 6.04 Å². The van der Waals surface area contributed by atoms with Gasteiger partial charge in [-0.15, -0.1) is 0 Å². The Bertz CT molecular complexity index is 487. The lowest BCUT2D eigenvalue weighted by Gasteiger charge is -2.31. The first kappa shape index (κ1) is 16.3. The van der Waals surface area contributed by atoms with Gasteiger partial charge < -0.3 is 15.7 Å². The number of hydrogen-bond acceptors (Lipinski definition) is 3. The monoisotopic (exact) mass is 310 g/mol. The number of halogens is 1. The topological polar surface area (TPSA) is 66.6 Å². The largest absolute Gasteiger partial charge is 0.396 e. The Labute approximate surface area is 130 Å². The maximum atomic E-state index is 12.6. The second-order valence-corrected chi connectivity index (χ2v) is 6.13. The number of nitrogens with zero attached hydrogens (tertiary/aromatic N) is 1. The van der Waals surface area contributed by atoms with Gasteiger partial charge in [-0.1, -0.05) is 29.8 Å². The van der Waals surface area contributed by atoms with Crippen molar-refractivity contribution in [1.82, 2.24) is 4.90 Å². The maximum absolute atomic E-state index is 12.6. The quantitative estimate of drug-likeness (QED) is 0.812. The lowest BCUT2D eigenvalue weighted by Crippen LogP contribution is -2.38. The second kappa shape index (κ2) is 7.25. The van der Waals surface area contributed by atoms with E-state index in [-0.39, 0.29) is 30.9 Å². The van der Waals surface area contributed by atoms with E-state index in [4.69, 9.17) is 17.3 Å². The number of carbonyl (C=O) groups is 1. The predicted octanol–water partition coefficient (Wildman–Crippen LogP) is 2.35. The van der Waals surface area contributed by atoms with E-state index < -0.39 is 0 Å². The molecule has 1 aromatic carbocycles. The fourth-order valence-electron chi connectivity index (χ4n) is 2.63. The molecule has 2 rings (SSSR count). The van der Waals surface area contributed by atoms with Gasteiger partial charge in [-0.3, -0.25) is 4.79 Å². The number of hydrogen-bond donors (Lipinski definition) is 2. The first-order valence-corrected chi connectivity index (χ1v) is 7.82. The van der Waals surface area contributed by atoms with Crippen LogP contribution in [0.5, 0.6) is 0 Å². The molecule has 0 heterocycles. The van der Waals surface area contributed by atoms with Crippen LogP contribution in [0.3, 0.4) is 0 Å². The van der Waals surface area contributed by atoms with Gasteiger partial charge in [0.25, 0.3) is 0 Å². The van der Waals surface area contributed by atoms with Crippen molar-refractivity contribution < 1.29 is 9.90 Å². The van der Waals surface area contributed by atoms with Gasteiger partial charge in [0.1, 0.15) is 0 Å². The fraction of sp³-hybridized carbons (Fsp3) is 0.562. The molecule has 2 atom stereocenters. The highest BCUT2D eigenvalue weighted by Gasteiger charge is 2.37. The molecule has 5 heteroatoms. The summed E-state index contributed by atoms with van der Waals surface area (Å²) in [6.45, 7) is 2.27. The van der Waals surface area contributed by atoms with E-state index in [9.17, 15) is 9.90 Å². The van der Waals surface area contributed by atoms with E-state index in [0.717, 1.165) is 18.4 Å². The summed E-state index contributed by atoms with van der Waals surface area (Å²) >= 11 is 6.26. The number of amides is 1. The van der Waals surface area contributed by atoms with Gasteiger partial charge in [0.2, 0.25) is 5.91 Å². The lowest BCUT2D eigenvalue weighted by molar-refractivity contribution is -0.135. The van der Waals surface area contributed by atoms with Crippen molar-refractivity contribution >= 4 is 17.5 Å². The molecule has 116 valence electrons. The molecule has 1 aliphatic rings. The number of nitrogens with two attached hydrogens (primary N) is 1. The highest BCUT2D eigenvalue weighted by molar-refractivity contribution is 6.31. The zero-order chi connectivity index (χ0) is 15.4. The molecule has 1 saturated carbocycles. The summed E-state index contributed by atoms with van der Waals surface area (Å²) < 4.78 is 0. The van der Waals surface area contributed by atoms with Crippen LogP contribution in [0.25, 0.3) is 0 Å². The Kier molecular flexibility index (Phi) is 5.62. The summed E-state index contributed by atoms with van der Waals surface area (Å²) in [5.74, 6) is -0.119. The molecule has 21 heavy (non-hydrogen) atoms. The third-order valence-corrected chi connectivity index (χ3v) is 4.40. The minimum atomic E-state index is -0.169. The summed E-state index contributed by atoms with van der Waals surface area (Å²) in [6, 6.07) is 7.86. The normalized spacial score (nSPS) is 17.3. The lowest BCUT2D eigenvalue weighted by atomic mass is 10.0. The van der Waals surface area contributed by atoms with Crippen molar-refractivity contribution in [2.75, 3.05) is 13.2 Å². The average Bonchev–Trinajstić information content (AvgIpc) is 3.30. The van der Waals surface area contributed by atoms with Gasteiger partial charge in [-0.05, 0) is 37.9 Å². The molecule has 0 spiro atoms. The van der Waals surface area contributed by atoms with Crippen molar-refractivity contribution in [2.45, 2.75) is 38.3 Å². The van der Waals surface area contributed by atoms with Gasteiger partial charge in [0.15, 0.2) is 0 Å². The highest BCUT2D eigenvalue weighted by atomic mass is 35.5. The van der Waals surface area contributed by atoms with Gasteiger partial charge in [-0.2, -0.15) is 0 Å². The summed E-state index contributed by atoms with van der Waals surface area (Å²) in [4.78, 5) is 14.5. The molecule has 1 aromatic rings. The van der Waals surface area contributed by atoms with Gasteiger partial charge >= 0.3 is 0 Å². The van der Waals surface area contributed by atoms with Gasteiger partial charge in [-0.25, -0.2) is 0 Å². The SMILES string of the molecule is CC(c1ccccc1Cl)N(C(=O)CC(CN)CO)C1CC1. The first-order chi connectivity index (χ1) is 10.1. The third-order valence-electron chi connectivity index (χ3n) is 4.06. The maximum Gasteiger partial charge on any atom is 0.223 e. The number of benzene rings is 1. The van der Waals surface area contributed by atoms with Crippen LogP contribution in [0, 0.1) is 5.92 Å². The Morgan fingerprint density at radius 1 is 1.48 bits per heavy atom. The molecule has 2 unspecified atom stereocenters. The zero-order valence-electron chi connectivity index (χ0n) is 12.3. The van der Waals surface area contributed by atoms with Crippen molar-refractivity contribution in [3.05, 3.63) is 34.9 Å². The summed E-state index contributed by atoms with van der Waals surface area (Å²) in [5, 5.41) is 9.92. The summed E-state index contributed by atoms with van der Waals surface area (Å²) in [5.41, 5.74) is 6.55. The second-order valence-electron chi connectivity index (χ2n) is 5.72. The van der Waals surface area contributed by atoms with Crippen molar-refractivity contribution in [3.8, 4) is 0 Å². The number of rotatable bonds is 7. The Morgan fingerprint density at radius 3 is 2.67 bits per heavy atom. The van der Waals surface area contributed by atoms with E-state index in [1.807, 2.05) is 36.1 Å². The minimum Gasteiger partial charge on any atom is -0.396 e. The average molecular weight is 311 g/mol. The van der Waals surface area contributed by atoms with Crippen LogP contribution >= 0.6 is 11.6 Å². The number of carbonyl (C=O) groups excluding carboxylic acids is 1. The predicted molar refractivity (Wildman–Crippen MR) is 84.0 cm³/mol. The van der Waals surface area contributed by atoms with E-state index in [2.05, 4.69) is 0 Å². The molecular weight excluding hydrogens is 288 g/mol. The molecule has 0 aromatic heterocycles. The molecule has 0 aliphatic heterocycles. The van der Waals surface area contributed by atoms with Gasteiger partial charge in [0, 0.05) is 30.0 Å². The van der Waals surface area contributed by atoms with Crippen LogP contribution in [0.15, 0.2) is 24.3 Å². The Morgan fingerprint density at radius 2 is 2.14 bits per heavy atom. The van der Waals surface area contributed by atoms with Crippen molar-refractivity contribution in [2.24, 2.45) is 11.7 Å².